The molecule has 1 aliphatic rings. The third-order valence-electron chi connectivity index (χ3n) is 6.72. The number of morpholine rings is 1. The number of ether oxygens (including phenoxy) is 3. The molecule has 2 heterocycles. The molecule has 3 N–H and O–H groups in total. The van der Waals surface area contributed by atoms with Gasteiger partial charge in [0, 0.05) is 42.8 Å². The van der Waals surface area contributed by atoms with Crippen molar-refractivity contribution in [2.45, 2.75) is 38.4 Å². The number of anilines is 2. The van der Waals surface area contributed by atoms with E-state index in [1.807, 2.05) is 6.92 Å². The highest BCUT2D eigenvalue weighted by Gasteiger charge is 2.22. The monoisotopic (exact) mass is 552 g/mol. The molecular formula is C29H33FN4O6. The molecule has 0 spiro atoms. The number of nitrogens with one attached hydrogen (secondary N) is 1. The standard InChI is InChI=1S/C29H33FN4O6/c1-3-18-10-20(4-5-24(18)30)33-29-19(15-31)16-32-25-14-26(38-2)27(13-23(25)29)40-17-22(36)11-21(35)12-28(37)34-6-8-39-9-7-34/h4-5,10,13-14,16,21-22,35-36H,3,6-9,11-12,17H2,1-2H3,(H,32,33). The minimum atomic E-state index is -1.05. The maximum atomic E-state index is 14.0. The Morgan fingerprint density at radius 1 is 1.23 bits per heavy atom. The molecule has 1 fully saturated rings. The number of carbonyl (C=O) groups is 1. The molecule has 2 unspecified atom stereocenters. The number of halogens is 1. The summed E-state index contributed by atoms with van der Waals surface area (Å²) in [5.41, 5.74) is 2.42. The molecular weight excluding hydrogens is 519 g/mol. The number of aliphatic hydroxyl groups is 2. The van der Waals surface area contributed by atoms with E-state index in [0.29, 0.717) is 72.1 Å². The predicted octanol–water partition coefficient (Wildman–Crippen LogP) is 3.30. The fraction of sp³-hybridized carbons (Fsp3) is 0.414. The minimum Gasteiger partial charge on any atom is -0.493 e. The predicted molar refractivity (Wildman–Crippen MR) is 146 cm³/mol. The number of carbonyl (C=O) groups excluding carboxylic acids is 1. The first-order chi connectivity index (χ1) is 19.3. The van der Waals surface area contributed by atoms with E-state index in [1.165, 1.54) is 19.4 Å². The van der Waals surface area contributed by atoms with Crippen LogP contribution in [0.25, 0.3) is 10.9 Å². The molecule has 1 aliphatic heterocycles. The molecule has 0 bridgehead atoms. The molecule has 1 saturated heterocycles. The van der Waals surface area contributed by atoms with Crippen molar-refractivity contribution in [1.82, 2.24) is 9.88 Å². The zero-order valence-corrected chi connectivity index (χ0v) is 22.5. The van der Waals surface area contributed by atoms with Gasteiger partial charge in [0.15, 0.2) is 11.5 Å². The molecule has 2 atom stereocenters. The van der Waals surface area contributed by atoms with Crippen LogP contribution in [0, 0.1) is 17.1 Å². The minimum absolute atomic E-state index is 0.0523. The lowest BCUT2D eigenvalue weighted by Crippen LogP contribution is -2.42. The zero-order valence-electron chi connectivity index (χ0n) is 22.5. The van der Waals surface area contributed by atoms with Crippen LogP contribution in [0.3, 0.4) is 0 Å². The van der Waals surface area contributed by atoms with E-state index in [-0.39, 0.29) is 36.7 Å². The Balaban J connectivity index is 1.50. The Morgan fingerprint density at radius 3 is 2.70 bits per heavy atom. The summed E-state index contributed by atoms with van der Waals surface area (Å²) in [5.74, 6) is 0.165. The fourth-order valence-corrected chi connectivity index (χ4v) is 4.55. The van der Waals surface area contributed by atoms with Crippen LogP contribution in [-0.4, -0.2) is 78.2 Å². The van der Waals surface area contributed by atoms with Crippen LogP contribution in [-0.2, 0) is 16.0 Å². The average molecular weight is 553 g/mol. The summed E-state index contributed by atoms with van der Waals surface area (Å²) in [5, 5.41) is 34.4. The maximum absolute atomic E-state index is 14.0. The number of pyridine rings is 1. The van der Waals surface area contributed by atoms with Crippen LogP contribution in [0.4, 0.5) is 15.8 Å². The quantitative estimate of drug-likeness (QED) is 0.327. The number of aryl methyl sites for hydroxylation is 1. The number of methoxy groups -OCH3 is 1. The van der Waals surface area contributed by atoms with E-state index in [1.54, 1.807) is 29.2 Å². The van der Waals surface area contributed by atoms with Gasteiger partial charge in [-0.15, -0.1) is 0 Å². The number of aromatic nitrogens is 1. The van der Waals surface area contributed by atoms with Gasteiger partial charge in [-0.1, -0.05) is 6.92 Å². The van der Waals surface area contributed by atoms with Crippen molar-refractivity contribution in [1.29, 1.82) is 5.26 Å². The lowest BCUT2D eigenvalue weighted by atomic mass is 10.1. The zero-order chi connectivity index (χ0) is 28.6. The smallest absolute Gasteiger partial charge is 0.225 e. The van der Waals surface area contributed by atoms with Crippen LogP contribution in [0.1, 0.15) is 30.9 Å². The summed E-state index contributed by atoms with van der Waals surface area (Å²) in [4.78, 5) is 18.4. The topological polar surface area (TPSA) is 137 Å². The number of fused-ring (bicyclic) bond motifs is 1. The number of hydrogen-bond donors (Lipinski definition) is 3. The fourth-order valence-electron chi connectivity index (χ4n) is 4.55. The Bertz CT molecular complexity index is 1390. The molecule has 0 saturated carbocycles. The van der Waals surface area contributed by atoms with Crippen molar-refractivity contribution in [2.24, 2.45) is 0 Å². The number of rotatable bonds is 11. The third kappa shape index (κ3) is 6.96. The Kier molecular flexibility index (Phi) is 9.71. The normalized spacial score (nSPS) is 14.8. The molecule has 1 amide bonds. The lowest BCUT2D eigenvalue weighted by molar-refractivity contribution is -0.137. The van der Waals surface area contributed by atoms with Gasteiger partial charge in [-0.2, -0.15) is 5.26 Å². The number of amides is 1. The summed E-state index contributed by atoms with van der Waals surface area (Å²) >= 11 is 0. The van der Waals surface area contributed by atoms with Crippen LogP contribution in [0.2, 0.25) is 0 Å². The second kappa shape index (κ2) is 13.4. The second-order valence-electron chi connectivity index (χ2n) is 9.52. The van der Waals surface area contributed by atoms with Crippen LogP contribution < -0.4 is 14.8 Å². The highest BCUT2D eigenvalue weighted by atomic mass is 19.1. The van der Waals surface area contributed by atoms with E-state index < -0.39 is 12.2 Å². The average Bonchev–Trinajstić information content (AvgIpc) is 2.97. The Morgan fingerprint density at radius 2 is 2.00 bits per heavy atom. The van der Waals surface area contributed by atoms with Crippen molar-refractivity contribution >= 4 is 28.2 Å². The maximum Gasteiger partial charge on any atom is 0.225 e. The van der Waals surface area contributed by atoms with E-state index in [9.17, 15) is 24.7 Å². The molecule has 212 valence electrons. The van der Waals surface area contributed by atoms with Crippen LogP contribution in [0.5, 0.6) is 11.5 Å². The van der Waals surface area contributed by atoms with Gasteiger partial charge in [-0.25, -0.2) is 4.39 Å². The van der Waals surface area contributed by atoms with Gasteiger partial charge in [0.05, 0.1) is 55.7 Å². The molecule has 10 nitrogen and oxygen atoms in total. The second-order valence-corrected chi connectivity index (χ2v) is 9.52. The number of nitriles is 1. The summed E-state index contributed by atoms with van der Waals surface area (Å²) in [6.45, 7) is 3.60. The van der Waals surface area contributed by atoms with Gasteiger partial charge in [0.25, 0.3) is 0 Å². The number of benzene rings is 2. The van der Waals surface area contributed by atoms with E-state index in [2.05, 4.69) is 16.4 Å². The first kappa shape index (κ1) is 29.0. The van der Waals surface area contributed by atoms with Gasteiger partial charge in [0.2, 0.25) is 5.91 Å². The summed E-state index contributed by atoms with van der Waals surface area (Å²) in [7, 11) is 1.47. The van der Waals surface area contributed by atoms with Crippen molar-refractivity contribution in [3.05, 3.63) is 53.5 Å². The molecule has 0 aliphatic carbocycles. The number of hydrogen-bond acceptors (Lipinski definition) is 9. The molecule has 1 aromatic heterocycles. The number of nitrogens with zero attached hydrogens (tertiary/aromatic N) is 3. The molecule has 4 rings (SSSR count). The van der Waals surface area contributed by atoms with E-state index in [0.717, 1.165) is 0 Å². The third-order valence-corrected chi connectivity index (χ3v) is 6.72. The van der Waals surface area contributed by atoms with Gasteiger partial charge < -0.3 is 34.6 Å². The largest absolute Gasteiger partial charge is 0.493 e. The molecule has 11 heteroatoms. The molecule has 0 radical (unpaired) electrons. The van der Waals surface area contributed by atoms with Crippen LogP contribution >= 0.6 is 0 Å². The first-order valence-corrected chi connectivity index (χ1v) is 13.1. The SMILES string of the molecule is CCc1cc(Nc2c(C#N)cnc3cc(OC)c(OCC(O)CC(O)CC(=O)N4CCOCC4)cc23)ccc1F. The number of aliphatic hydroxyl groups excluding tert-OH is 2. The van der Waals surface area contributed by atoms with Gasteiger partial charge >= 0.3 is 0 Å². The van der Waals surface area contributed by atoms with Gasteiger partial charge in [-0.05, 0) is 36.2 Å². The Hall–Kier alpha value is -3.98. The van der Waals surface area contributed by atoms with E-state index in [4.69, 9.17) is 14.2 Å². The summed E-state index contributed by atoms with van der Waals surface area (Å²) in [6, 6.07) is 10.1. The lowest BCUT2D eigenvalue weighted by Gasteiger charge is -2.28. The summed E-state index contributed by atoms with van der Waals surface area (Å²) < 4.78 is 30.6. The van der Waals surface area contributed by atoms with E-state index >= 15 is 0 Å². The van der Waals surface area contributed by atoms with Gasteiger partial charge in [-0.3, -0.25) is 9.78 Å². The Labute approximate surface area is 231 Å². The van der Waals surface area contributed by atoms with Crippen LogP contribution in [0.15, 0.2) is 36.5 Å². The van der Waals surface area contributed by atoms with Crippen molar-refractivity contribution in [3.8, 4) is 17.6 Å². The summed E-state index contributed by atoms with van der Waals surface area (Å²) in [6.07, 6.45) is -0.287. The first-order valence-electron chi connectivity index (χ1n) is 13.1. The van der Waals surface area contributed by atoms with Crippen molar-refractivity contribution < 1.29 is 33.6 Å². The highest BCUT2D eigenvalue weighted by Crippen LogP contribution is 2.37. The van der Waals surface area contributed by atoms with Gasteiger partial charge in [0.1, 0.15) is 18.5 Å². The molecule has 3 aromatic rings. The van der Waals surface area contributed by atoms with Crippen molar-refractivity contribution in [3.63, 3.8) is 0 Å². The van der Waals surface area contributed by atoms with Crippen molar-refractivity contribution in [2.75, 3.05) is 45.3 Å². The molecule has 2 aromatic carbocycles. The molecule has 40 heavy (non-hydrogen) atoms. The highest BCUT2D eigenvalue weighted by molar-refractivity contribution is 5.97.